The fourth-order valence-electron chi connectivity index (χ4n) is 3.98. The maximum absolute atomic E-state index is 9.99. The third-order valence-corrected chi connectivity index (χ3v) is 6.15. The fraction of sp³-hybridized carbons (Fsp3) is 0.786. The van der Waals surface area contributed by atoms with Crippen molar-refractivity contribution in [2.24, 2.45) is 0 Å². The van der Waals surface area contributed by atoms with Crippen LogP contribution in [0.4, 0.5) is 0 Å². The smallest absolute Gasteiger partial charge is 0.154 e. The number of ether oxygens (including phenoxy) is 2. The first kappa shape index (κ1) is 28.1. The zero-order valence-corrected chi connectivity index (χ0v) is 20.7. The molecule has 0 aromatic heterocycles. The molecule has 0 aliphatic heterocycles. The molecule has 3 heteroatoms. The lowest BCUT2D eigenvalue weighted by Gasteiger charge is -2.27. The van der Waals surface area contributed by atoms with E-state index in [1.165, 1.54) is 82.6 Å². The van der Waals surface area contributed by atoms with Gasteiger partial charge in [0.1, 0.15) is 0 Å². The predicted molar refractivity (Wildman–Crippen MR) is 132 cm³/mol. The molecule has 31 heavy (non-hydrogen) atoms. The first-order valence-corrected chi connectivity index (χ1v) is 13.2. The number of aliphatic hydroxyl groups excluding tert-OH is 1. The Bertz CT molecular complexity index is 490. The van der Waals surface area contributed by atoms with Crippen LogP contribution >= 0.6 is 0 Å². The number of unbranched alkanes of at least 4 members (excludes halogenated alkanes) is 12. The number of aliphatic hydroxyl groups is 1. The molecule has 0 heterocycles. The van der Waals surface area contributed by atoms with Gasteiger partial charge in [-0.2, -0.15) is 0 Å². The summed E-state index contributed by atoms with van der Waals surface area (Å²) in [5.41, 5.74) is 1.17. The summed E-state index contributed by atoms with van der Waals surface area (Å²) in [6.45, 7) is 6.88. The number of hydrogen-bond donors (Lipinski definition) is 1. The van der Waals surface area contributed by atoms with Crippen molar-refractivity contribution >= 4 is 0 Å². The highest BCUT2D eigenvalue weighted by Gasteiger charge is 2.21. The molecule has 3 unspecified atom stereocenters. The Balaban J connectivity index is 2.12. The molecule has 0 fully saturated rings. The van der Waals surface area contributed by atoms with Crippen LogP contribution in [0, 0.1) is 0 Å². The molecule has 0 bridgehead atoms. The van der Waals surface area contributed by atoms with Crippen LogP contribution in [0.15, 0.2) is 30.3 Å². The lowest BCUT2D eigenvalue weighted by molar-refractivity contribution is -0.176. The second-order valence-corrected chi connectivity index (χ2v) is 9.07. The third kappa shape index (κ3) is 15.5. The van der Waals surface area contributed by atoms with Crippen LogP contribution in [-0.4, -0.2) is 23.6 Å². The molecule has 0 saturated heterocycles. The van der Waals surface area contributed by atoms with Crippen molar-refractivity contribution in [3.63, 3.8) is 0 Å². The third-order valence-electron chi connectivity index (χ3n) is 6.15. The van der Waals surface area contributed by atoms with Gasteiger partial charge in [-0.25, -0.2) is 0 Å². The molecule has 1 N–H and O–H groups in total. The maximum atomic E-state index is 9.99. The fourth-order valence-corrected chi connectivity index (χ4v) is 3.98. The van der Waals surface area contributed by atoms with Gasteiger partial charge in [-0.15, -0.1) is 0 Å². The minimum atomic E-state index is -0.699. The zero-order chi connectivity index (χ0) is 22.6. The van der Waals surface area contributed by atoms with Gasteiger partial charge in [-0.3, -0.25) is 0 Å². The summed E-state index contributed by atoms with van der Waals surface area (Å²) < 4.78 is 12.0. The van der Waals surface area contributed by atoms with E-state index in [1.807, 2.05) is 25.1 Å². The lowest BCUT2D eigenvalue weighted by Crippen LogP contribution is -2.33. The first-order chi connectivity index (χ1) is 15.2. The van der Waals surface area contributed by atoms with Gasteiger partial charge in [-0.05, 0) is 25.3 Å². The van der Waals surface area contributed by atoms with Crippen LogP contribution in [0.1, 0.15) is 123 Å². The highest BCUT2D eigenvalue weighted by atomic mass is 16.6. The molecule has 180 valence electrons. The van der Waals surface area contributed by atoms with Crippen molar-refractivity contribution in [2.45, 2.75) is 142 Å². The second-order valence-electron chi connectivity index (χ2n) is 9.07. The zero-order valence-electron chi connectivity index (χ0n) is 20.7. The van der Waals surface area contributed by atoms with E-state index in [2.05, 4.69) is 26.0 Å². The molecular formula is C28H50O3. The molecule has 3 atom stereocenters. The summed E-state index contributed by atoms with van der Waals surface area (Å²) in [6.07, 6.45) is 18.4. The van der Waals surface area contributed by atoms with Crippen molar-refractivity contribution in [1.29, 1.82) is 0 Å². The van der Waals surface area contributed by atoms with E-state index >= 15 is 0 Å². The van der Waals surface area contributed by atoms with Crippen molar-refractivity contribution in [1.82, 2.24) is 0 Å². The Labute approximate surface area is 192 Å². The number of benzene rings is 1. The van der Waals surface area contributed by atoms with Crippen LogP contribution in [0.3, 0.4) is 0 Å². The maximum Gasteiger partial charge on any atom is 0.154 e. The highest BCUT2D eigenvalue weighted by Crippen LogP contribution is 2.18. The van der Waals surface area contributed by atoms with E-state index in [0.717, 1.165) is 12.8 Å². The molecule has 0 aliphatic rings. The van der Waals surface area contributed by atoms with Gasteiger partial charge in [0.15, 0.2) is 6.29 Å². The molecule has 0 saturated carbocycles. The van der Waals surface area contributed by atoms with Crippen molar-refractivity contribution in [3.8, 4) is 0 Å². The van der Waals surface area contributed by atoms with E-state index in [9.17, 15) is 5.11 Å². The van der Waals surface area contributed by atoms with E-state index < -0.39 is 6.29 Å². The predicted octanol–water partition coefficient (Wildman–Crippen LogP) is 8.19. The Morgan fingerprint density at radius 1 is 0.742 bits per heavy atom. The van der Waals surface area contributed by atoms with E-state index in [-0.39, 0.29) is 12.2 Å². The summed E-state index contributed by atoms with van der Waals surface area (Å²) in [5.74, 6) is 0. The van der Waals surface area contributed by atoms with Gasteiger partial charge in [-0.1, -0.05) is 128 Å². The Morgan fingerprint density at radius 2 is 1.26 bits per heavy atom. The summed E-state index contributed by atoms with van der Waals surface area (Å²) in [5, 5.41) is 9.99. The van der Waals surface area contributed by atoms with Crippen LogP contribution in [0.2, 0.25) is 0 Å². The van der Waals surface area contributed by atoms with Gasteiger partial charge < -0.3 is 14.6 Å². The summed E-state index contributed by atoms with van der Waals surface area (Å²) in [7, 11) is 0. The first-order valence-electron chi connectivity index (χ1n) is 13.2. The standard InChI is InChI=1S/C28H50O3/c1-4-6-7-8-9-10-11-12-13-14-15-16-20-23-27(31-28(29)5-2)25(3)30-24-26-21-18-17-19-22-26/h17-19,21-22,25,27-29H,4-16,20,23-24H2,1-3H3. The minimum Gasteiger partial charge on any atom is -0.371 e. The molecule has 0 amide bonds. The molecule has 3 nitrogen and oxygen atoms in total. The topological polar surface area (TPSA) is 38.7 Å². The summed E-state index contributed by atoms with van der Waals surface area (Å²) in [6, 6.07) is 10.2. The van der Waals surface area contributed by atoms with Crippen LogP contribution < -0.4 is 0 Å². The average Bonchev–Trinajstić information content (AvgIpc) is 2.80. The molecule has 0 spiro atoms. The van der Waals surface area contributed by atoms with Gasteiger partial charge in [0, 0.05) is 0 Å². The minimum absolute atomic E-state index is 0.0290. The Morgan fingerprint density at radius 3 is 1.77 bits per heavy atom. The van der Waals surface area contributed by atoms with Crippen LogP contribution in [0.25, 0.3) is 0 Å². The molecule has 1 aromatic rings. The van der Waals surface area contributed by atoms with Crippen LogP contribution in [0.5, 0.6) is 0 Å². The van der Waals surface area contributed by atoms with Gasteiger partial charge in [0.25, 0.3) is 0 Å². The quantitative estimate of drug-likeness (QED) is 0.156. The van der Waals surface area contributed by atoms with Crippen LogP contribution in [-0.2, 0) is 16.1 Å². The average molecular weight is 435 g/mol. The molecule has 0 aliphatic carbocycles. The number of rotatable bonds is 21. The normalized spacial score (nSPS) is 14.5. The second kappa shape index (κ2) is 19.8. The molecular weight excluding hydrogens is 384 g/mol. The van der Waals surface area contributed by atoms with Crippen molar-refractivity contribution in [2.75, 3.05) is 0 Å². The SMILES string of the molecule is CCCCCCCCCCCCCCCC(OC(O)CC)C(C)OCc1ccccc1. The van der Waals surface area contributed by atoms with Crippen molar-refractivity contribution < 1.29 is 14.6 Å². The Hall–Kier alpha value is -0.900. The van der Waals surface area contributed by atoms with E-state index in [1.54, 1.807) is 0 Å². The largest absolute Gasteiger partial charge is 0.371 e. The Kier molecular flexibility index (Phi) is 17.9. The summed E-state index contributed by atoms with van der Waals surface area (Å²) >= 11 is 0. The van der Waals surface area contributed by atoms with E-state index in [4.69, 9.17) is 9.47 Å². The monoisotopic (exact) mass is 434 g/mol. The highest BCUT2D eigenvalue weighted by molar-refractivity contribution is 5.13. The summed E-state index contributed by atoms with van der Waals surface area (Å²) in [4.78, 5) is 0. The molecule has 1 rings (SSSR count). The van der Waals surface area contributed by atoms with E-state index in [0.29, 0.717) is 13.0 Å². The molecule has 0 radical (unpaired) electrons. The van der Waals surface area contributed by atoms with Gasteiger partial charge in [0.2, 0.25) is 0 Å². The number of hydrogen-bond acceptors (Lipinski definition) is 3. The molecule has 1 aromatic carbocycles. The van der Waals surface area contributed by atoms with Gasteiger partial charge in [0.05, 0.1) is 18.8 Å². The lowest BCUT2D eigenvalue weighted by atomic mass is 10.0. The van der Waals surface area contributed by atoms with Crippen molar-refractivity contribution in [3.05, 3.63) is 35.9 Å². The van der Waals surface area contributed by atoms with Gasteiger partial charge >= 0.3 is 0 Å².